The van der Waals surface area contributed by atoms with E-state index in [0.717, 1.165) is 0 Å². The molecule has 0 unspecified atom stereocenters. The first-order chi connectivity index (χ1) is 9.36. The Morgan fingerprint density at radius 2 is 1.80 bits per heavy atom. The summed E-state index contributed by atoms with van der Waals surface area (Å²) in [6.45, 7) is 0. The minimum atomic E-state index is -3.72. The van der Waals surface area contributed by atoms with Gasteiger partial charge in [-0.05, 0) is 41.9 Å². The summed E-state index contributed by atoms with van der Waals surface area (Å²) < 4.78 is 22.2. The van der Waals surface area contributed by atoms with E-state index in [-0.39, 0.29) is 4.90 Å². The molecular weight excluding hydrogens is 281 g/mol. The van der Waals surface area contributed by atoms with Crippen molar-refractivity contribution in [3.63, 3.8) is 0 Å². The smallest absolute Gasteiger partial charge is 0.423 e. The van der Waals surface area contributed by atoms with Gasteiger partial charge in [0.2, 0.25) is 10.0 Å². The first-order valence-corrected chi connectivity index (χ1v) is 7.13. The zero-order chi connectivity index (χ0) is 14.8. The third-order valence-electron chi connectivity index (χ3n) is 2.54. The minimum Gasteiger partial charge on any atom is -0.423 e. The van der Waals surface area contributed by atoms with Gasteiger partial charge in [0.15, 0.2) is 0 Å². The van der Waals surface area contributed by atoms with Crippen molar-refractivity contribution in [2.45, 2.75) is 4.90 Å². The summed E-state index contributed by atoms with van der Waals surface area (Å²) in [5, 5.41) is 26.0. The molecule has 9 heteroatoms. The van der Waals surface area contributed by atoms with E-state index in [1.54, 1.807) is 0 Å². The Balaban J connectivity index is 2.20. The Morgan fingerprint density at radius 3 is 2.35 bits per heavy atom. The molecule has 0 aliphatic heterocycles. The predicted molar refractivity (Wildman–Crippen MR) is 75.2 cm³/mol. The fourth-order valence-corrected chi connectivity index (χ4v) is 2.07. The molecule has 2 rings (SSSR count). The molecule has 104 valence electrons. The van der Waals surface area contributed by atoms with E-state index in [4.69, 9.17) is 15.2 Å². The second kappa shape index (κ2) is 5.59. The zero-order valence-electron chi connectivity index (χ0n) is 10.3. The molecule has 0 fully saturated rings. The third kappa shape index (κ3) is 3.55. The maximum atomic E-state index is 11.1. The largest absolute Gasteiger partial charge is 0.488 e. The zero-order valence-corrected chi connectivity index (χ0v) is 11.1. The number of sulfonamides is 1. The number of rotatable bonds is 4. The minimum absolute atomic E-state index is 0.00976. The van der Waals surface area contributed by atoms with E-state index in [0.29, 0.717) is 17.0 Å². The average Bonchev–Trinajstić information content (AvgIpc) is 2.38. The Kier molecular flexibility index (Phi) is 4.05. The van der Waals surface area contributed by atoms with E-state index in [9.17, 15) is 8.42 Å². The van der Waals surface area contributed by atoms with Crippen LogP contribution < -0.4 is 15.9 Å². The lowest BCUT2D eigenvalue weighted by atomic mass is 9.81. The highest BCUT2D eigenvalue weighted by atomic mass is 32.2. The summed E-state index contributed by atoms with van der Waals surface area (Å²) >= 11 is 0. The van der Waals surface area contributed by atoms with Crippen molar-refractivity contribution in [2.24, 2.45) is 5.14 Å². The number of nitrogens with one attached hydrogen (secondary N) is 1. The van der Waals surface area contributed by atoms with Gasteiger partial charge in [-0.3, -0.25) is 0 Å². The summed E-state index contributed by atoms with van der Waals surface area (Å²) in [5.74, 6) is 0.402. The van der Waals surface area contributed by atoms with Crippen LogP contribution >= 0.6 is 0 Å². The lowest BCUT2D eigenvalue weighted by Crippen LogP contribution is -2.29. The topological polar surface area (TPSA) is 126 Å². The van der Waals surface area contributed by atoms with Crippen molar-refractivity contribution in [3.8, 4) is 0 Å². The predicted octanol–water partition coefficient (Wildman–Crippen LogP) is -0.848. The van der Waals surface area contributed by atoms with Gasteiger partial charge in [-0.15, -0.1) is 0 Å². The Bertz CT molecular complexity index is 704. The van der Waals surface area contributed by atoms with Crippen LogP contribution in [0.2, 0.25) is 0 Å². The molecule has 1 aromatic heterocycles. The molecule has 20 heavy (non-hydrogen) atoms. The fourth-order valence-electron chi connectivity index (χ4n) is 1.55. The van der Waals surface area contributed by atoms with Crippen LogP contribution in [-0.4, -0.2) is 30.6 Å². The van der Waals surface area contributed by atoms with Crippen LogP contribution in [0.1, 0.15) is 0 Å². The van der Waals surface area contributed by atoms with Crippen LogP contribution in [0.5, 0.6) is 0 Å². The van der Waals surface area contributed by atoms with Gasteiger partial charge in [0.05, 0.1) is 4.90 Å². The van der Waals surface area contributed by atoms with Gasteiger partial charge in [0, 0.05) is 11.9 Å². The number of nitrogens with two attached hydrogens (primary N) is 1. The molecule has 2 aromatic rings. The number of aromatic nitrogens is 1. The molecule has 0 saturated carbocycles. The first-order valence-electron chi connectivity index (χ1n) is 5.58. The van der Waals surface area contributed by atoms with E-state index < -0.39 is 17.1 Å². The normalized spacial score (nSPS) is 11.2. The molecular formula is C11H12BN3O4S. The number of primary sulfonamides is 1. The number of benzene rings is 1. The summed E-state index contributed by atoms with van der Waals surface area (Å²) in [6.07, 6.45) is 1.43. The first kappa shape index (κ1) is 14.5. The maximum Gasteiger partial charge on any atom is 0.488 e. The molecule has 1 heterocycles. The second-order valence-corrected chi connectivity index (χ2v) is 5.60. The van der Waals surface area contributed by atoms with Gasteiger partial charge in [-0.2, -0.15) is 0 Å². The van der Waals surface area contributed by atoms with Gasteiger partial charge in [-0.1, -0.05) is 0 Å². The second-order valence-electron chi connectivity index (χ2n) is 4.04. The van der Waals surface area contributed by atoms with Crippen molar-refractivity contribution >= 4 is 34.1 Å². The highest BCUT2D eigenvalue weighted by Crippen LogP contribution is 2.16. The summed E-state index contributed by atoms with van der Waals surface area (Å²) in [5.41, 5.74) is 0.887. The van der Waals surface area contributed by atoms with Crippen LogP contribution in [0.4, 0.5) is 11.5 Å². The molecule has 7 nitrogen and oxygen atoms in total. The van der Waals surface area contributed by atoms with Gasteiger partial charge in [0.25, 0.3) is 0 Å². The highest BCUT2D eigenvalue weighted by molar-refractivity contribution is 7.89. The number of pyridine rings is 1. The molecule has 0 spiro atoms. The number of anilines is 2. The maximum absolute atomic E-state index is 11.1. The van der Waals surface area contributed by atoms with E-state index in [1.165, 1.54) is 42.6 Å². The molecule has 0 atom stereocenters. The quantitative estimate of drug-likeness (QED) is 0.544. The van der Waals surface area contributed by atoms with Gasteiger partial charge in [0.1, 0.15) is 5.82 Å². The van der Waals surface area contributed by atoms with Gasteiger partial charge >= 0.3 is 7.12 Å². The molecule has 0 bridgehead atoms. The van der Waals surface area contributed by atoms with Crippen LogP contribution in [0, 0.1) is 0 Å². The van der Waals surface area contributed by atoms with Crippen LogP contribution in [0.25, 0.3) is 0 Å². The summed E-state index contributed by atoms with van der Waals surface area (Å²) in [6, 6.07) is 8.73. The van der Waals surface area contributed by atoms with E-state index >= 15 is 0 Å². The van der Waals surface area contributed by atoms with Crippen LogP contribution in [0.3, 0.4) is 0 Å². The lowest BCUT2D eigenvalue weighted by Gasteiger charge is -2.07. The molecule has 0 aliphatic carbocycles. The van der Waals surface area contributed by atoms with Crippen molar-refractivity contribution < 1.29 is 18.5 Å². The summed E-state index contributed by atoms with van der Waals surface area (Å²) in [4.78, 5) is 4.02. The number of nitrogens with zero attached hydrogens (tertiary/aromatic N) is 1. The Hall–Kier alpha value is -1.94. The average molecular weight is 293 g/mol. The fraction of sp³-hybridized carbons (Fsp3) is 0. The molecule has 0 saturated heterocycles. The van der Waals surface area contributed by atoms with E-state index in [2.05, 4.69) is 10.3 Å². The Morgan fingerprint density at radius 1 is 1.15 bits per heavy atom. The molecule has 0 amide bonds. The molecule has 0 aliphatic rings. The molecule has 5 N–H and O–H groups in total. The van der Waals surface area contributed by atoms with Gasteiger partial charge < -0.3 is 15.4 Å². The highest BCUT2D eigenvalue weighted by Gasteiger charge is 2.11. The summed E-state index contributed by atoms with van der Waals surface area (Å²) in [7, 11) is -5.30. The monoisotopic (exact) mass is 293 g/mol. The number of hydrogen-bond acceptors (Lipinski definition) is 6. The Labute approximate surface area is 116 Å². The van der Waals surface area contributed by atoms with E-state index in [1.807, 2.05) is 0 Å². The van der Waals surface area contributed by atoms with Crippen molar-refractivity contribution in [3.05, 3.63) is 42.6 Å². The SMILES string of the molecule is NS(=O)(=O)c1ccc(Nc2cc(B(O)O)ccn2)cc1. The van der Waals surface area contributed by atoms with Crippen molar-refractivity contribution in [1.29, 1.82) is 0 Å². The molecule has 1 aromatic carbocycles. The third-order valence-corrected chi connectivity index (χ3v) is 3.47. The van der Waals surface area contributed by atoms with Crippen molar-refractivity contribution in [1.82, 2.24) is 4.98 Å². The van der Waals surface area contributed by atoms with Gasteiger partial charge in [-0.25, -0.2) is 18.5 Å². The standard InChI is InChI=1S/C11H12BN3O4S/c13-20(18,19)10-3-1-9(2-4-10)15-11-7-8(12(16)17)5-6-14-11/h1-7,16-17H,(H,14,15)(H2,13,18,19). The number of hydrogen-bond donors (Lipinski definition) is 4. The van der Waals surface area contributed by atoms with Crippen LogP contribution in [-0.2, 0) is 10.0 Å². The molecule has 0 radical (unpaired) electrons. The lowest BCUT2D eigenvalue weighted by molar-refractivity contribution is 0.425. The van der Waals surface area contributed by atoms with Crippen LogP contribution in [0.15, 0.2) is 47.5 Å². The van der Waals surface area contributed by atoms with Crippen molar-refractivity contribution in [2.75, 3.05) is 5.32 Å².